The number of ether oxygens (including phenoxy) is 1. The predicted molar refractivity (Wildman–Crippen MR) is 104 cm³/mol. The number of hydrogen-bond acceptors (Lipinski definition) is 6. The summed E-state index contributed by atoms with van der Waals surface area (Å²) in [5, 5.41) is 12.9. The second-order valence-electron chi connectivity index (χ2n) is 6.33. The maximum Gasteiger partial charge on any atom is 0.340 e. The molecule has 9 heteroatoms. The molecule has 146 valence electrons. The minimum absolute atomic E-state index is 0.258. The van der Waals surface area contributed by atoms with Crippen LogP contribution in [0, 0.1) is 13.8 Å². The van der Waals surface area contributed by atoms with E-state index in [0.717, 1.165) is 0 Å². The third-order valence-electron chi connectivity index (χ3n) is 4.40. The molecule has 0 saturated carbocycles. The molecule has 3 rings (SSSR count). The van der Waals surface area contributed by atoms with Gasteiger partial charge < -0.3 is 9.72 Å². The molecule has 2 heterocycles. The Labute approximate surface area is 166 Å². The highest BCUT2D eigenvalue weighted by Gasteiger charge is 2.27. The Balaban J connectivity index is 1.88. The molecule has 0 bridgehead atoms. The van der Waals surface area contributed by atoms with Gasteiger partial charge >= 0.3 is 5.97 Å². The van der Waals surface area contributed by atoms with Gasteiger partial charge in [0.1, 0.15) is 6.04 Å². The molecule has 0 aliphatic rings. The fraction of sp³-hybridized carbons (Fsp3) is 0.316. The number of ketones is 1. The van der Waals surface area contributed by atoms with Crippen LogP contribution in [0.2, 0.25) is 5.02 Å². The number of nitrogens with zero attached hydrogens (tertiary/aromatic N) is 4. The van der Waals surface area contributed by atoms with Gasteiger partial charge in [-0.15, -0.1) is 10.2 Å². The Morgan fingerprint density at radius 3 is 2.75 bits per heavy atom. The standard InChI is InChI=1S/C19H20ClN5O3/c1-5-28-19(27)15-10(2)16(21-11(15)3)17(26)12(4)25-23-18(22-24-25)13-7-6-8-14(20)9-13/h6-9,12,21H,5H2,1-4H3/t12-/m1/s1. The lowest BCUT2D eigenvalue weighted by Gasteiger charge is -2.08. The van der Waals surface area contributed by atoms with Crippen molar-refractivity contribution in [1.29, 1.82) is 0 Å². The number of aryl methyl sites for hydroxylation is 1. The number of carbonyl (C=O) groups excluding carboxylic acids is 2. The summed E-state index contributed by atoms with van der Waals surface area (Å²) < 4.78 is 5.07. The van der Waals surface area contributed by atoms with E-state index in [1.54, 1.807) is 45.9 Å². The Morgan fingerprint density at radius 1 is 1.32 bits per heavy atom. The largest absolute Gasteiger partial charge is 0.462 e. The number of tetrazole rings is 1. The number of benzene rings is 1. The van der Waals surface area contributed by atoms with Crippen LogP contribution in [0.3, 0.4) is 0 Å². The van der Waals surface area contributed by atoms with E-state index in [2.05, 4.69) is 20.4 Å². The Morgan fingerprint density at radius 2 is 2.07 bits per heavy atom. The maximum atomic E-state index is 13.0. The monoisotopic (exact) mass is 401 g/mol. The van der Waals surface area contributed by atoms with Crippen LogP contribution in [0.1, 0.15) is 52.0 Å². The fourth-order valence-corrected chi connectivity index (χ4v) is 3.14. The van der Waals surface area contributed by atoms with Gasteiger partial charge in [-0.1, -0.05) is 23.7 Å². The van der Waals surface area contributed by atoms with Crippen LogP contribution in [-0.4, -0.2) is 43.6 Å². The second-order valence-corrected chi connectivity index (χ2v) is 6.77. The number of aromatic nitrogens is 5. The van der Waals surface area contributed by atoms with E-state index in [1.165, 1.54) is 4.80 Å². The van der Waals surface area contributed by atoms with Crippen molar-refractivity contribution in [3.8, 4) is 11.4 Å². The second kappa shape index (κ2) is 7.93. The van der Waals surface area contributed by atoms with Crippen LogP contribution in [0.5, 0.6) is 0 Å². The molecule has 0 aliphatic carbocycles. The molecule has 2 aromatic heterocycles. The number of hydrogen-bond donors (Lipinski definition) is 1. The van der Waals surface area contributed by atoms with Crippen molar-refractivity contribution >= 4 is 23.4 Å². The molecule has 28 heavy (non-hydrogen) atoms. The molecule has 0 fully saturated rings. The van der Waals surface area contributed by atoms with Crippen molar-refractivity contribution in [2.75, 3.05) is 6.61 Å². The summed E-state index contributed by atoms with van der Waals surface area (Å²) in [4.78, 5) is 29.4. The summed E-state index contributed by atoms with van der Waals surface area (Å²) in [6.07, 6.45) is 0. The van der Waals surface area contributed by atoms with E-state index in [-0.39, 0.29) is 12.4 Å². The molecule has 3 aromatic rings. The zero-order chi connectivity index (χ0) is 20.4. The molecule has 1 aromatic carbocycles. The highest BCUT2D eigenvalue weighted by molar-refractivity contribution is 6.30. The topological polar surface area (TPSA) is 103 Å². The molecule has 1 N–H and O–H groups in total. The van der Waals surface area contributed by atoms with Crippen molar-refractivity contribution in [3.63, 3.8) is 0 Å². The van der Waals surface area contributed by atoms with Crippen molar-refractivity contribution in [2.45, 2.75) is 33.7 Å². The number of nitrogens with one attached hydrogen (secondary N) is 1. The molecule has 8 nitrogen and oxygen atoms in total. The predicted octanol–water partition coefficient (Wildman–Crippen LogP) is 3.56. The summed E-state index contributed by atoms with van der Waals surface area (Å²) in [6.45, 7) is 7.11. The van der Waals surface area contributed by atoms with E-state index >= 15 is 0 Å². The van der Waals surface area contributed by atoms with Crippen molar-refractivity contribution in [2.24, 2.45) is 0 Å². The highest BCUT2D eigenvalue weighted by Crippen LogP contribution is 2.24. The lowest BCUT2D eigenvalue weighted by molar-refractivity contribution is 0.0525. The molecule has 0 radical (unpaired) electrons. The first-order valence-corrected chi connectivity index (χ1v) is 9.17. The third kappa shape index (κ3) is 3.68. The summed E-state index contributed by atoms with van der Waals surface area (Å²) >= 11 is 6.00. The quantitative estimate of drug-likeness (QED) is 0.500. The minimum Gasteiger partial charge on any atom is -0.462 e. The lowest BCUT2D eigenvalue weighted by atomic mass is 10.1. The van der Waals surface area contributed by atoms with Gasteiger partial charge in [-0.05, 0) is 50.6 Å². The molecule has 0 amide bonds. The van der Waals surface area contributed by atoms with Gasteiger partial charge in [0.25, 0.3) is 0 Å². The zero-order valence-electron chi connectivity index (χ0n) is 16.0. The smallest absolute Gasteiger partial charge is 0.340 e. The van der Waals surface area contributed by atoms with E-state index in [9.17, 15) is 9.59 Å². The number of aromatic amines is 1. The van der Waals surface area contributed by atoms with Gasteiger partial charge in [0.05, 0.1) is 17.9 Å². The molecule has 0 saturated heterocycles. The van der Waals surface area contributed by atoms with Crippen molar-refractivity contribution in [1.82, 2.24) is 25.2 Å². The fourth-order valence-electron chi connectivity index (χ4n) is 2.95. The van der Waals surface area contributed by atoms with E-state index < -0.39 is 12.0 Å². The number of carbonyl (C=O) groups is 2. The number of Topliss-reactive ketones (excluding diaryl/α,β-unsaturated/α-hetero) is 1. The first-order chi connectivity index (χ1) is 13.3. The third-order valence-corrected chi connectivity index (χ3v) is 4.64. The van der Waals surface area contributed by atoms with Gasteiger partial charge in [0.2, 0.25) is 11.6 Å². The van der Waals surface area contributed by atoms with Gasteiger partial charge in [-0.2, -0.15) is 4.80 Å². The molecule has 0 aliphatic heterocycles. The van der Waals surface area contributed by atoms with Crippen LogP contribution in [0.4, 0.5) is 0 Å². The van der Waals surface area contributed by atoms with E-state index in [0.29, 0.717) is 38.9 Å². The Bertz CT molecular complexity index is 1040. The average Bonchev–Trinajstić information content (AvgIpc) is 3.25. The van der Waals surface area contributed by atoms with Gasteiger partial charge in [0, 0.05) is 16.3 Å². The maximum absolute atomic E-state index is 13.0. The van der Waals surface area contributed by atoms with Crippen LogP contribution in [0.25, 0.3) is 11.4 Å². The summed E-state index contributed by atoms with van der Waals surface area (Å²) in [6, 6.07) is 6.35. The van der Waals surface area contributed by atoms with Crippen LogP contribution in [-0.2, 0) is 4.74 Å². The number of rotatable bonds is 6. The molecular formula is C19H20ClN5O3. The first kappa shape index (κ1) is 19.8. The number of halogens is 1. The lowest BCUT2D eigenvalue weighted by Crippen LogP contribution is -2.20. The Kier molecular flexibility index (Phi) is 5.60. The van der Waals surface area contributed by atoms with Crippen LogP contribution in [0.15, 0.2) is 24.3 Å². The van der Waals surface area contributed by atoms with Crippen molar-refractivity contribution < 1.29 is 14.3 Å². The van der Waals surface area contributed by atoms with Crippen LogP contribution < -0.4 is 0 Å². The molecule has 1 atom stereocenters. The van der Waals surface area contributed by atoms with Crippen molar-refractivity contribution in [3.05, 3.63) is 51.8 Å². The Hall–Kier alpha value is -3.00. The van der Waals surface area contributed by atoms with Gasteiger partial charge in [-0.25, -0.2) is 4.79 Å². The number of esters is 1. The van der Waals surface area contributed by atoms with Crippen LogP contribution >= 0.6 is 11.6 Å². The number of H-pyrrole nitrogens is 1. The molecule has 0 unspecified atom stereocenters. The van der Waals surface area contributed by atoms with Gasteiger partial charge in [0.15, 0.2) is 0 Å². The minimum atomic E-state index is -0.716. The molecule has 0 spiro atoms. The van der Waals surface area contributed by atoms with Gasteiger partial charge in [-0.3, -0.25) is 4.79 Å². The first-order valence-electron chi connectivity index (χ1n) is 8.79. The normalized spacial score (nSPS) is 12.0. The van der Waals surface area contributed by atoms with E-state index in [4.69, 9.17) is 16.3 Å². The summed E-state index contributed by atoms with van der Waals surface area (Å²) in [5.74, 6) is -0.345. The zero-order valence-corrected chi connectivity index (χ0v) is 16.7. The van der Waals surface area contributed by atoms with E-state index in [1.807, 2.05) is 6.07 Å². The summed E-state index contributed by atoms with van der Waals surface area (Å²) in [7, 11) is 0. The average molecular weight is 402 g/mol. The SMILES string of the molecule is CCOC(=O)c1c(C)[nH]c(C(=O)[C@@H](C)n2nnc(-c3cccc(Cl)c3)n2)c1C. The molecular weight excluding hydrogens is 382 g/mol. The highest BCUT2D eigenvalue weighted by atomic mass is 35.5. The summed E-state index contributed by atoms with van der Waals surface area (Å²) in [5.41, 5.74) is 2.54.